The fraction of sp³-hybridized carbons (Fsp3) is 0.684. The Morgan fingerprint density at radius 3 is 2.62 bits per heavy atom. The van der Waals surface area contributed by atoms with E-state index in [2.05, 4.69) is 51.2 Å². The average Bonchev–Trinajstić information content (AvgIpc) is 2.93. The smallest absolute Gasteiger partial charge is 0.0594 e. The van der Waals surface area contributed by atoms with Gasteiger partial charge in [0.15, 0.2) is 0 Å². The van der Waals surface area contributed by atoms with Gasteiger partial charge in [0.1, 0.15) is 0 Å². The van der Waals surface area contributed by atoms with Crippen molar-refractivity contribution in [3.8, 4) is 0 Å². The fourth-order valence-electron chi connectivity index (χ4n) is 3.45. The predicted molar refractivity (Wildman–Crippen MR) is 89.8 cm³/mol. The summed E-state index contributed by atoms with van der Waals surface area (Å²) < 4.78 is 5.84. The van der Waals surface area contributed by atoms with E-state index in [1.54, 1.807) is 0 Å². The van der Waals surface area contributed by atoms with E-state index in [0.29, 0.717) is 18.1 Å². The SMILES string of the molecule is CCCNC(c1cc(CC)ccc1CC)C1CCOC1C. The Hall–Kier alpha value is -0.860. The second-order valence-electron chi connectivity index (χ2n) is 6.20. The van der Waals surface area contributed by atoms with E-state index in [4.69, 9.17) is 4.74 Å². The number of benzene rings is 1. The summed E-state index contributed by atoms with van der Waals surface area (Å²) in [6, 6.07) is 7.48. The second kappa shape index (κ2) is 7.95. The average molecular weight is 289 g/mol. The molecule has 1 aromatic rings. The quantitative estimate of drug-likeness (QED) is 0.809. The van der Waals surface area contributed by atoms with Gasteiger partial charge in [-0.3, -0.25) is 0 Å². The highest BCUT2D eigenvalue weighted by Gasteiger charge is 2.33. The number of nitrogens with one attached hydrogen (secondary N) is 1. The van der Waals surface area contributed by atoms with Gasteiger partial charge in [0, 0.05) is 18.6 Å². The minimum atomic E-state index is 0.356. The lowest BCUT2D eigenvalue weighted by molar-refractivity contribution is 0.0953. The minimum absolute atomic E-state index is 0.356. The van der Waals surface area contributed by atoms with Crippen molar-refractivity contribution in [2.24, 2.45) is 5.92 Å². The van der Waals surface area contributed by atoms with E-state index in [0.717, 1.165) is 26.0 Å². The van der Waals surface area contributed by atoms with Gasteiger partial charge in [-0.05, 0) is 55.8 Å². The molecule has 1 N–H and O–H groups in total. The van der Waals surface area contributed by atoms with Crippen LogP contribution in [0.15, 0.2) is 18.2 Å². The zero-order valence-electron chi connectivity index (χ0n) is 14.1. The predicted octanol–water partition coefficient (Wildman–Crippen LogP) is 4.28. The van der Waals surface area contributed by atoms with E-state index in [9.17, 15) is 0 Å². The topological polar surface area (TPSA) is 21.3 Å². The first-order chi connectivity index (χ1) is 10.2. The molecule has 0 radical (unpaired) electrons. The fourth-order valence-corrected chi connectivity index (χ4v) is 3.45. The molecule has 2 rings (SSSR count). The van der Waals surface area contributed by atoms with Crippen molar-refractivity contribution < 1.29 is 4.74 Å². The number of aryl methyl sites for hydroxylation is 2. The van der Waals surface area contributed by atoms with Gasteiger partial charge in [0.2, 0.25) is 0 Å². The van der Waals surface area contributed by atoms with Crippen molar-refractivity contribution >= 4 is 0 Å². The molecule has 1 aliphatic heterocycles. The summed E-state index contributed by atoms with van der Waals surface area (Å²) in [7, 11) is 0. The summed E-state index contributed by atoms with van der Waals surface area (Å²) in [6.45, 7) is 10.9. The molecule has 0 spiro atoms. The molecule has 0 amide bonds. The van der Waals surface area contributed by atoms with Gasteiger partial charge in [-0.2, -0.15) is 0 Å². The van der Waals surface area contributed by atoms with Crippen LogP contribution in [0.1, 0.15) is 63.3 Å². The van der Waals surface area contributed by atoms with Crippen molar-refractivity contribution in [3.63, 3.8) is 0 Å². The highest BCUT2D eigenvalue weighted by Crippen LogP contribution is 2.35. The summed E-state index contributed by atoms with van der Waals surface area (Å²) in [5.74, 6) is 0.592. The van der Waals surface area contributed by atoms with Crippen LogP contribution in [0.5, 0.6) is 0 Å². The Balaban J connectivity index is 2.34. The normalized spacial score (nSPS) is 23.4. The Morgan fingerprint density at radius 1 is 1.24 bits per heavy atom. The van der Waals surface area contributed by atoms with Crippen molar-refractivity contribution in [2.75, 3.05) is 13.2 Å². The molecule has 2 heteroatoms. The molecule has 0 bridgehead atoms. The Morgan fingerprint density at radius 2 is 2.05 bits per heavy atom. The molecule has 1 fully saturated rings. The van der Waals surface area contributed by atoms with Crippen LogP contribution < -0.4 is 5.32 Å². The van der Waals surface area contributed by atoms with Gasteiger partial charge in [-0.15, -0.1) is 0 Å². The van der Waals surface area contributed by atoms with Crippen LogP contribution in [0.2, 0.25) is 0 Å². The zero-order chi connectivity index (χ0) is 15.2. The second-order valence-corrected chi connectivity index (χ2v) is 6.20. The number of ether oxygens (including phenoxy) is 1. The van der Waals surface area contributed by atoms with Crippen LogP contribution in [0.4, 0.5) is 0 Å². The van der Waals surface area contributed by atoms with Crippen LogP contribution >= 0.6 is 0 Å². The monoisotopic (exact) mass is 289 g/mol. The zero-order valence-corrected chi connectivity index (χ0v) is 14.1. The number of hydrogen-bond acceptors (Lipinski definition) is 2. The summed E-state index contributed by atoms with van der Waals surface area (Å²) in [5, 5.41) is 3.80. The van der Waals surface area contributed by atoms with Crippen molar-refractivity contribution in [1.29, 1.82) is 0 Å². The molecule has 0 aliphatic carbocycles. The van der Waals surface area contributed by atoms with Gasteiger partial charge >= 0.3 is 0 Å². The van der Waals surface area contributed by atoms with Crippen LogP contribution in [-0.2, 0) is 17.6 Å². The highest BCUT2D eigenvalue weighted by molar-refractivity contribution is 5.35. The third-order valence-corrected chi connectivity index (χ3v) is 4.81. The maximum absolute atomic E-state index is 5.84. The third kappa shape index (κ3) is 3.87. The van der Waals surface area contributed by atoms with E-state index in [1.165, 1.54) is 29.5 Å². The molecule has 118 valence electrons. The van der Waals surface area contributed by atoms with Crippen LogP contribution in [0.3, 0.4) is 0 Å². The molecule has 21 heavy (non-hydrogen) atoms. The van der Waals surface area contributed by atoms with E-state index < -0.39 is 0 Å². The molecule has 1 aromatic carbocycles. The number of rotatable bonds is 7. The Labute approximate surface area is 130 Å². The molecule has 3 atom stereocenters. The van der Waals surface area contributed by atoms with Gasteiger partial charge < -0.3 is 10.1 Å². The van der Waals surface area contributed by atoms with Crippen molar-refractivity contribution in [3.05, 3.63) is 34.9 Å². The maximum atomic E-state index is 5.84. The molecule has 0 aromatic heterocycles. The van der Waals surface area contributed by atoms with Gasteiger partial charge in [0.25, 0.3) is 0 Å². The van der Waals surface area contributed by atoms with Crippen molar-refractivity contribution in [2.45, 2.75) is 65.5 Å². The lowest BCUT2D eigenvalue weighted by Gasteiger charge is -2.29. The lowest BCUT2D eigenvalue weighted by Crippen LogP contribution is -2.33. The van der Waals surface area contributed by atoms with E-state index in [1.807, 2.05) is 0 Å². The van der Waals surface area contributed by atoms with Crippen LogP contribution in [-0.4, -0.2) is 19.3 Å². The summed E-state index contributed by atoms with van der Waals surface area (Å²) in [4.78, 5) is 0. The molecule has 3 unspecified atom stereocenters. The molecule has 1 aliphatic rings. The minimum Gasteiger partial charge on any atom is -0.378 e. The molecule has 1 saturated heterocycles. The van der Waals surface area contributed by atoms with Gasteiger partial charge in [0.05, 0.1) is 6.10 Å². The molecular formula is C19H31NO. The van der Waals surface area contributed by atoms with Crippen LogP contribution in [0, 0.1) is 5.92 Å². The lowest BCUT2D eigenvalue weighted by atomic mass is 9.84. The first-order valence-corrected chi connectivity index (χ1v) is 8.67. The first kappa shape index (κ1) is 16.5. The maximum Gasteiger partial charge on any atom is 0.0594 e. The summed E-state index contributed by atoms with van der Waals surface area (Å²) in [5.41, 5.74) is 4.43. The Kier molecular flexibility index (Phi) is 6.25. The molecule has 1 heterocycles. The molecular weight excluding hydrogens is 258 g/mol. The van der Waals surface area contributed by atoms with Gasteiger partial charge in [-0.1, -0.05) is 39.0 Å². The standard InChI is InChI=1S/C19H31NO/c1-5-11-20-19(17-10-12-21-14(17)4)18-13-15(6-2)8-9-16(18)7-3/h8-9,13-14,17,19-20H,5-7,10-12H2,1-4H3. The summed E-state index contributed by atoms with van der Waals surface area (Å²) >= 11 is 0. The Bertz CT molecular complexity index is 443. The highest BCUT2D eigenvalue weighted by atomic mass is 16.5. The third-order valence-electron chi connectivity index (χ3n) is 4.81. The first-order valence-electron chi connectivity index (χ1n) is 8.67. The number of hydrogen-bond donors (Lipinski definition) is 1. The molecule has 0 saturated carbocycles. The summed E-state index contributed by atoms with van der Waals surface area (Å²) in [6.07, 6.45) is 4.91. The van der Waals surface area contributed by atoms with E-state index in [-0.39, 0.29) is 0 Å². The van der Waals surface area contributed by atoms with Crippen LogP contribution in [0.25, 0.3) is 0 Å². The van der Waals surface area contributed by atoms with Crippen molar-refractivity contribution in [1.82, 2.24) is 5.32 Å². The van der Waals surface area contributed by atoms with E-state index >= 15 is 0 Å². The largest absolute Gasteiger partial charge is 0.378 e. The van der Waals surface area contributed by atoms with Gasteiger partial charge in [-0.25, -0.2) is 0 Å². The molecule has 2 nitrogen and oxygen atoms in total.